The Morgan fingerprint density at radius 1 is 0.833 bits per heavy atom. The van der Waals surface area contributed by atoms with Gasteiger partial charge in [-0.2, -0.15) is 23.5 Å². The molecule has 1 aromatic rings. The summed E-state index contributed by atoms with van der Waals surface area (Å²) in [5, 5.41) is 17.0. The maximum absolute atomic E-state index is 13.0. The fraction of sp³-hybridized carbons (Fsp3) is 0.522. The molecule has 13 heteroatoms. The van der Waals surface area contributed by atoms with Crippen LogP contribution >= 0.6 is 23.5 Å². The van der Waals surface area contributed by atoms with Gasteiger partial charge in [-0.15, -0.1) is 0 Å². The third-order valence-electron chi connectivity index (χ3n) is 5.15. The smallest absolute Gasteiger partial charge is 0.326 e. The van der Waals surface area contributed by atoms with E-state index in [9.17, 15) is 29.1 Å². The summed E-state index contributed by atoms with van der Waals surface area (Å²) < 4.78 is 0. The number of hydrogen-bond donors (Lipinski definition) is 6. The van der Waals surface area contributed by atoms with Crippen molar-refractivity contribution in [2.45, 2.75) is 49.9 Å². The molecule has 4 atom stereocenters. The Kier molecular flexibility index (Phi) is 14.6. The van der Waals surface area contributed by atoms with Gasteiger partial charge < -0.3 is 32.5 Å². The number of primary amides is 1. The standard InChI is InChI=1S/C23H35N5O6S2/c1-35-10-8-15(24)20(30)27-17(13-19(25)29)22(32)26-16(9-11-36-2)21(31)28-18(23(33)34)12-14-6-4-3-5-7-14/h3-7,15-18H,8-13,24H2,1-2H3,(H2,25,29)(H,26,32)(H,27,30)(H,28,31)(H,33,34). The van der Waals surface area contributed by atoms with Crippen LogP contribution in [0.4, 0.5) is 0 Å². The number of rotatable bonds is 17. The molecule has 0 bridgehead atoms. The molecule has 1 aromatic carbocycles. The summed E-state index contributed by atoms with van der Waals surface area (Å²) in [5.41, 5.74) is 11.8. The lowest BCUT2D eigenvalue weighted by Crippen LogP contribution is -2.58. The SMILES string of the molecule is CSCCC(N)C(=O)NC(CC(N)=O)C(=O)NC(CCSC)C(=O)NC(Cc1ccccc1)C(=O)O. The van der Waals surface area contributed by atoms with Crippen molar-refractivity contribution in [3.05, 3.63) is 35.9 Å². The first-order valence-corrected chi connectivity index (χ1v) is 14.1. The van der Waals surface area contributed by atoms with E-state index in [2.05, 4.69) is 16.0 Å². The molecule has 0 aliphatic heterocycles. The third-order valence-corrected chi connectivity index (χ3v) is 6.44. The summed E-state index contributed by atoms with van der Waals surface area (Å²) >= 11 is 2.94. The van der Waals surface area contributed by atoms with Crippen LogP contribution in [0.2, 0.25) is 0 Å². The fourth-order valence-corrected chi connectivity index (χ4v) is 4.13. The van der Waals surface area contributed by atoms with E-state index in [1.165, 1.54) is 23.5 Å². The predicted molar refractivity (Wildman–Crippen MR) is 141 cm³/mol. The van der Waals surface area contributed by atoms with Gasteiger partial charge in [0, 0.05) is 6.42 Å². The van der Waals surface area contributed by atoms with E-state index >= 15 is 0 Å². The molecule has 0 aliphatic rings. The van der Waals surface area contributed by atoms with Crippen molar-refractivity contribution in [3.8, 4) is 0 Å². The second-order valence-corrected chi connectivity index (χ2v) is 10.0. The van der Waals surface area contributed by atoms with Gasteiger partial charge in [-0.1, -0.05) is 30.3 Å². The molecule has 36 heavy (non-hydrogen) atoms. The fourth-order valence-electron chi connectivity index (χ4n) is 3.16. The number of amides is 4. The Morgan fingerprint density at radius 2 is 1.36 bits per heavy atom. The molecule has 4 amide bonds. The largest absolute Gasteiger partial charge is 0.480 e. The van der Waals surface area contributed by atoms with Gasteiger partial charge in [0.1, 0.15) is 18.1 Å². The first-order valence-electron chi connectivity index (χ1n) is 11.3. The van der Waals surface area contributed by atoms with Crippen LogP contribution in [0.1, 0.15) is 24.8 Å². The first-order chi connectivity index (χ1) is 17.1. The molecule has 0 saturated heterocycles. The summed E-state index contributed by atoms with van der Waals surface area (Å²) in [7, 11) is 0. The van der Waals surface area contributed by atoms with Crippen molar-refractivity contribution in [1.29, 1.82) is 0 Å². The maximum atomic E-state index is 13.0. The van der Waals surface area contributed by atoms with Crippen LogP contribution in [0.15, 0.2) is 30.3 Å². The first kappa shape index (κ1) is 31.3. The summed E-state index contributed by atoms with van der Waals surface area (Å²) in [5.74, 6) is -3.04. The molecule has 0 radical (unpaired) electrons. The van der Waals surface area contributed by atoms with E-state index in [1.807, 2.05) is 12.5 Å². The minimum Gasteiger partial charge on any atom is -0.480 e. The maximum Gasteiger partial charge on any atom is 0.326 e. The highest BCUT2D eigenvalue weighted by molar-refractivity contribution is 7.98. The molecule has 8 N–H and O–H groups in total. The summed E-state index contributed by atoms with van der Waals surface area (Å²) in [6.07, 6.45) is 3.81. The van der Waals surface area contributed by atoms with Crippen LogP contribution in [-0.2, 0) is 30.4 Å². The predicted octanol–water partition coefficient (Wildman–Crippen LogP) is -0.523. The normalized spacial score (nSPS) is 14.1. The quantitative estimate of drug-likeness (QED) is 0.150. The molecular weight excluding hydrogens is 506 g/mol. The van der Waals surface area contributed by atoms with Crippen LogP contribution in [-0.4, -0.2) is 82.9 Å². The topological polar surface area (TPSA) is 194 Å². The minimum atomic E-state index is -1.33. The second-order valence-electron chi connectivity index (χ2n) is 8.05. The summed E-state index contributed by atoms with van der Waals surface area (Å²) in [4.78, 5) is 61.6. The average Bonchev–Trinajstić information content (AvgIpc) is 2.84. The molecule has 0 aliphatic carbocycles. The van der Waals surface area contributed by atoms with E-state index < -0.39 is 60.2 Å². The van der Waals surface area contributed by atoms with E-state index in [4.69, 9.17) is 11.5 Å². The number of aliphatic carboxylic acids is 1. The van der Waals surface area contributed by atoms with Gasteiger partial charge in [-0.25, -0.2) is 4.79 Å². The van der Waals surface area contributed by atoms with Crippen molar-refractivity contribution in [2.24, 2.45) is 11.5 Å². The molecule has 4 unspecified atom stereocenters. The molecular formula is C23H35N5O6S2. The Morgan fingerprint density at radius 3 is 1.92 bits per heavy atom. The zero-order chi connectivity index (χ0) is 27.1. The highest BCUT2D eigenvalue weighted by Gasteiger charge is 2.31. The van der Waals surface area contributed by atoms with E-state index in [0.29, 0.717) is 17.9 Å². The zero-order valence-electron chi connectivity index (χ0n) is 20.4. The third kappa shape index (κ3) is 11.8. The number of nitrogens with one attached hydrogen (secondary N) is 3. The molecule has 0 saturated carbocycles. The molecule has 0 aromatic heterocycles. The van der Waals surface area contributed by atoms with Gasteiger partial charge in [0.15, 0.2) is 0 Å². The van der Waals surface area contributed by atoms with Gasteiger partial charge in [-0.3, -0.25) is 19.2 Å². The number of nitrogens with two attached hydrogens (primary N) is 2. The summed E-state index contributed by atoms with van der Waals surface area (Å²) in [6, 6.07) is 4.28. The van der Waals surface area contributed by atoms with E-state index in [1.54, 1.807) is 30.3 Å². The summed E-state index contributed by atoms with van der Waals surface area (Å²) in [6.45, 7) is 0. The number of carbonyl (C=O) groups is 5. The van der Waals surface area contributed by atoms with Crippen LogP contribution in [0, 0.1) is 0 Å². The van der Waals surface area contributed by atoms with E-state index in [-0.39, 0.29) is 12.8 Å². The average molecular weight is 542 g/mol. The highest BCUT2D eigenvalue weighted by atomic mass is 32.2. The van der Waals surface area contributed by atoms with Gasteiger partial charge >= 0.3 is 5.97 Å². The number of carbonyl (C=O) groups excluding carboxylic acids is 4. The molecule has 1 rings (SSSR count). The Balaban J connectivity index is 2.96. The minimum absolute atomic E-state index is 0.0550. The van der Waals surface area contributed by atoms with Crippen molar-refractivity contribution in [3.63, 3.8) is 0 Å². The van der Waals surface area contributed by atoms with Crippen molar-refractivity contribution >= 4 is 53.1 Å². The van der Waals surface area contributed by atoms with Crippen molar-refractivity contribution < 1.29 is 29.1 Å². The van der Waals surface area contributed by atoms with E-state index in [0.717, 1.165) is 5.56 Å². The molecule has 0 spiro atoms. The van der Waals surface area contributed by atoms with Crippen LogP contribution in [0.25, 0.3) is 0 Å². The van der Waals surface area contributed by atoms with Gasteiger partial charge in [0.25, 0.3) is 0 Å². The van der Waals surface area contributed by atoms with Crippen LogP contribution in [0.3, 0.4) is 0 Å². The number of carboxylic acids is 1. The lowest BCUT2D eigenvalue weighted by atomic mass is 10.0. The zero-order valence-corrected chi connectivity index (χ0v) is 22.0. The van der Waals surface area contributed by atoms with Crippen LogP contribution in [0.5, 0.6) is 0 Å². The number of benzene rings is 1. The lowest BCUT2D eigenvalue weighted by Gasteiger charge is -2.25. The molecule has 11 nitrogen and oxygen atoms in total. The van der Waals surface area contributed by atoms with Gasteiger partial charge in [-0.05, 0) is 42.4 Å². The Hall–Kier alpha value is -2.77. The van der Waals surface area contributed by atoms with Crippen molar-refractivity contribution in [2.75, 3.05) is 24.0 Å². The number of hydrogen-bond acceptors (Lipinski definition) is 8. The number of carboxylic acid groups (broad SMARTS) is 1. The molecule has 200 valence electrons. The monoisotopic (exact) mass is 541 g/mol. The molecule has 0 fully saturated rings. The Labute approximate surface area is 219 Å². The Bertz CT molecular complexity index is 889. The number of thioether (sulfide) groups is 2. The van der Waals surface area contributed by atoms with Gasteiger partial charge in [0.05, 0.1) is 12.5 Å². The highest BCUT2D eigenvalue weighted by Crippen LogP contribution is 2.07. The van der Waals surface area contributed by atoms with Crippen LogP contribution < -0.4 is 27.4 Å². The van der Waals surface area contributed by atoms with Gasteiger partial charge in [0.2, 0.25) is 23.6 Å². The molecule has 0 heterocycles. The van der Waals surface area contributed by atoms with Crippen molar-refractivity contribution in [1.82, 2.24) is 16.0 Å². The lowest BCUT2D eigenvalue weighted by molar-refractivity contribution is -0.142. The second kappa shape index (κ2) is 16.8.